The number of rotatable bonds is 4. The zero-order valence-electron chi connectivity index (χ0n) is 10.8. The molecule has 19 heavy (non-hydrogen) atoms. The Morgan fingerprint density at radius 3 is 2.53 bits per heavy atom. The van der Waals surface area contributed by atoms with E-state index >= 15 is 0 Å². The molecule has 3 nitrogen and oxygen atoms in total. The maximum absolute atomic E-state index is 12.3. The van der Waals surface area contributed by atoms with Crippen molar-refractivity contribution in [3.8, 4) is 5.75 Å². The van der Waals surface area contributed by atoms with E-state index in [1.54, 1.807) is 12.4 Å². The lowest BCUT2D eigenvalue weighted by Crippen LogP contribution is -2.03. The van der Waals surface area contributed by atoms with Gasteiger partial charge < -0.3 is 4.74 Å². The van der Waals surface area contributed by atoms with E-state index in [1.807, 2.05) is 37.3 Å². The first-order chi connectivity index (χ1) is 9.22. The highest BCUT2D eigenvalue weighted by Gasteiger charge is 2.23. The van der Waals surface area contributed by atoms with Crippen LogP contribution in [0.1, 0.15) is 34.3 Å². The van der Waals surface area contributed by atoms with Gasteiger partial charge in [0, 0.05) is 23.5 Å². The molecule has 0 saturated heterocycles. The quantitative estimate of drug-likeness (QED) is 0.786. The first kappa shape index (κ1) is 11.9. The van der Waals surface area contributed by atoms with Gasteiger partial charge in [-0.25, -0.2) is 0 Å². The molecule has 0 radical (unpaired) electrons. The highest BCUT2D eigenvalue weighted by Crippen LogP contribution is 2.27. The fraction of sp³-hybridized carbons (Fsp3) is 0.250. The van der Waals surface area contributed by atoms with Crippen molar-refractivity contribution >= 4 is 5.78 Å². The molecule has 1 aromatic heterocycles. The van der Waals surface area contributed by atoms with Gasteiger partial charge in [-0.3, -0.25) is 9.78 Å². The summed E-state index contributed by atoms with van der Waals surface area (Å²) in [4.78, 5) is 16.3. The zero-order chi connectivity index (χ0) is 13.2. The van der Waals surface area contributed by atoms with Crippen molar-refractivity contribution < 1.29 is 9.53 Å². The lowest BCUT2D eigenvalue weighted by atomic mass is 10.0. The third-order valence-corrected chi connectivity index (χ3v) is 3.08. The second-order valence-corrected chi connectivity index (χ2v) is 4.92. The van der Waals surface area contributed by atoms with E-state index in [4.69, 9.17) is 4.74 Å². The largest absolute Gasteiger partial charge is 0.490 e. The van der Waals surface area contributed by atoms with E-state index in [9.17, 15) is 4.79 Å². The highest BCUT2D eigenvalue weighted by molar-refractivity contribution is 6.08. The molecule has 1 heterocycles. The van der Waals surface area contributed by atoms with Crippen LogP contribution in [0.4, 0.5) is 0 Å². The van der Waals surface area contributed by atoms with Crippen molar-refractivity contribution in [2.75, 3.05) is 0 Å². The lowest BCUT2D eigenvalue weighted by molar-refractivity contribution is 0.103. The standard InChI is InChI=1S/C16H15NO2/c1-11-8-13(10-17-9-11)16(18)12-2-4-14(5-3-12)19-15-6-7-15/h2-5,8-10,15H,6-7H2,1H3. The van der Waals surface area contributed by atoms with Crippen LogP contribution in [0.2, 0.25) is 0 Å². The molecule has 0 bridgehead atoms. The number of ether oxygens (including phenoxy) is 1. The third-order valence-electron chi connectivity index (χ3n) is 3.08. The molecule has 3 rings (SSSR count). The highest BCUT2D eigenvalue weighted by atomic mass is 16.5. The van der Waals surface area contributed by atoms with Crippen LogP contribution in [-0.2, 0) is 0 Å². The zero-order valence-corrected chi connectivity index (χ0v) is 10.8. The fourth-order valence-corrected chi connectivity index (χ4v) is 1.91. The van der Waals surface area contributed by atoms with Crippen LogP contribution < -0.4 is 4.74 Å². The molecule has 0 N–H and O–H groups in total. The van der Waals surface area contributed by atoms with Crippen molar-refractivity contribution in [3.05, 3.63) is 59.4 Å². The third kappa shape index (κ3) is 2.81. The van der Waals surface area contributed by atoms with Crippen molar-refractivity contribution in [1.82, 2.24) is 4.98 Å². The average molecular weight is 253 g/mol. The SMILES string of the molecule is Cc1cncc(C(=O)c2ccc(OC3CC3)cc2)c1. The number of nitrogens with zero attached hydrogens (tertiary/aromatic N) is 1. The summed E-state index contributed by atoms with van der Waals surface area (Å²) < 4.78 is 5.66. The Labute approximate surface area is 112 Å². The maximum Gasteiger partial charge on any atom is 0.194 e. The first-order valence-electron chi connectivity index (χ1n) is 6.45. The van der Waals surface area contributed by atoms with Gasteiger partial charge in [0.15, 0.2) is 5.78 Å². The molecule has 0 amide bonds. The summed E-state index contributed by atoms with van der Waals surface area (Å²) in [6.45, 7) is 1.93. The molecular formula is C16H15NO2. The van der Waals surface area contributed by atoms with Crippen LogP contribution in [0.15, 0.2) is 42.7 Å². The number of hydrogen-bond donors (Lipinski definition) is 0. The van der Waals surface area contributed by atoms with Crippen molar-refractivity contribution in [1.29, 1.82) is 0 Å². The monoisotopic (exact) mass is 253 g/mol. The Bertz CT molecular complexity index is 600. The molecule has 1 fully saturated rings. The van der Waals surface area contributed by atoms with E-state index in [2.05, 4.69) is 4.98 Å². The van der Waals surface area contributed by atoms with Gasteiger partial charge in [0.2, 0.25) is 0 Å². The minimum Gasteiger partial charge on any atom is -0.490 e. The summed E-state index contributed by atoms with van der Waals surface area (Å²) in [6, 6.07) is 9.18. The lowest BCUT2D eigenvalue weighted by Gasteiger charge is -2.05. The van der Waals surface area contributed by atoms with Gasteiger partial charge in [-0.15, -0.1) is 0 Å². The molecule has 0 aliphatic heterocycles. The van der Waals surface area contributed by atoms with Gasteiger partial charge in [0.25, 0.3) is 0 Å². The van der Waals surface area contributed by atoms with E-state index in [1.165, 1.54) is 0 Å². The predicted molar refractivity (Wildman–Crippen MR) is 72.5 cm³/mol. The Hall–Kier alpha value is -2.16. The van der Waals surface area contributed by atoms with Crippen LogP contribution in [0.5, 0.6) is 5.75 Å². The molecule has 3 heteroatoms. The number of carbonyl (C=O) groups excluding carboxylic acids is 1. The van der Waals surface area contributed by atoms with Crippen LogP contribution in [0.25, 0.3) is 0 Å². The minimum absolute atomic E-state index is 0.00540. The summed E-state index contributed by atoms with van der Waals surface area (Å²) in [6.07, 6.45) is 5.99. The maximum atomic E-state index is 12.3. The van der Waals surface area contributed by atoms with Gasteiger partial charge in [-0.1, -0.05) is 0 Å². The Morgan fingerprint density at radius 1 is 1.16 bits per heavy atom. The second kappa shape index (κ2) is 4.84. The van der Waals surface area contributed by atoms with Crippen LogP contribution in [0, 0.1) is 6.92 Å². The molecule has 1 aliphatic carbocycles. The van der Waals surface area contributed by atoms with Crippen LogP contribution >= 0.6 is 0 Å². The van der Waals surface area contributed by atoms with Gasteiger partial charge in [-0.05, 0) is 55.7 Å². The first-order valence-corrected chi connectivity index (χ1v) is 6.45. The Morgan fingerprint density at radius 2 is 1.89 bits per heavy atom. The predicted octanol–water partition coefficient (Wildman–Crippen LogP) is 3.16. The van der Waals surface area contributed by atoms with Crippen LogP contribution in [0.3, 0.4) is 0 Å². The fourth-order valence-electron chi connectivity index (χ4n) is 1.91. The normalized spacial score (nSPS) is 14.2. The topological polar surface area (TPSA) is 39.2 Å². The molecule has 0 unspecified atom stereocenters. The summed E-state index contributed by atoms with van der Waals surface area (Å²) in [5.74, 6) is 0.829. The number of ketones is 1. The number of benzene rings is 1. The van der Waals surface area contributed by atoms with Crippen molar-refractivity contribution in [3.63, 3.8) is 0 Å². The number of pyridine rings is 1. The number of carbonyl (C=O) groups is 1. The van der Waals surface area contributed by atoms with Gasteiger partial charge in [0.1, 0.15) is 5.75 Å². The molecule has 0 atom stereocenters. The summed E-state index contributed by atoms with van der Waals surface area (Å²) >= 11 is 0. The molecule has 1 saturated carbocycles. The van der Waals surface area contributed by atoms with E-state index in [-0.39, 0.29) is 5.78 Å². The van der Waals surface area contributed by atoms with E-state index < -0.39 is 0 Å². The summed E-state index contributed by atoms with van der Waals surface area (Å²) in [5.41, 5.74) is 2.27. The Kier molecular flexibility index (Phi) is 3.03. The molecule has 96 valence electrons. The molecular weight excluding hydrogens is 238 g/mol. The van der Waals surface area contributed by atoms with Gasteiger partial charge in [-0.2, -0.15) is 0 Å². The molecule has 0 spiro atoms. The number of aryl methyl sites for hydroxylation is 1. The average Bonchev–Trinajstić information content (AvgIpc) is 3.23. The summed E-state index contributed by atoms with van der Waals surface area (Å²) in [5, 5.41) is 0. The van der Waals surface area contributed by atoms with Gasteiger partial charge >= 0.3 is 0 Å². The van der Waals surface area contributed by atoms with Crippen molar-refractivity contribution in [2.45, 2.75) is 25.9 Å². The number of hydrogen-bond acceptors (Lipinski definition) is 3. The van der Waals surface area contributed by atoms with E-state index in [0.29, 0.717) is 17.2 Å². The van der Waals surface area contributed by atoms with Crippen molar-refractivity contribution in [2.24, 2.45) is 0 Å². The minimum atomic E-state index is -0.00540. The summed E-state index contributed by atoms with van der Waals surface area (Å²) in [7, 11) is 0. The number of aromatic nitrogens is 1. The molecule has 2 aromatic rings. The molecule has 1 aromatic carbocycles. The van der Waals surface area contributed by atoms with Crippen LogP contribution in [-0.4, -0.2) is 16.9 Å². The van der Waals surface area contributed by atoms with E-state index in [0.717, 1.165) is 24.2 Å². The molecule has 1 aliphatic rings. The van der Waals surface area contributed by atoms with Gasteiger partial charge in [0.05, 0.1) is 6.10 Å². The smallest absolute Gasteiger partial charge is 0.194 e. The second-order valence-electron chi connectivity index (χ2n) is 4.92. The Balaban J connectivity index is 1.79.